The fourth-order valence-electron chi connectivity index (χ4n) is 4.16. The third-order valence-electron chi connectivity index (χ3n) is 6.28. The number of benzene rings is 1. The normalized spacial score (nSPS) is 21.0. The predicted octanol–water partition coefficient (Wildman–Crippen LogP) is 5.97. The molecule has 2 atom stereocenters. The molecule has 3 aromatic rings. The van der Waals surface area contributed by atoms with Crippen molar-refractivity contribution in [2.24, 2.45) is 0 Å². The minimum atomic E-state index is -5.17. The van der Waals surface area contributed by atoms with Gasteiger partial charge in [-0.25, -0.2) is 9.37 Å². The summed E-state index contributed by atoms with van der Waals surface area (Å²) in [4.78, 5) is 3.82. The maximum atomic E-state index is 13.8. The molecular weight excluding hydrogens is 525 g/mol. The number of halogens is 7. The molecule has 0 fully saturated rings. The average molecular weight is 548 g/mol. The number of fused-ring (bicyclic) bond motifs is 5. The van der Waals surface area contributed by atoms with E-state index >= 15 is 0 Å². The summed E-state index contributed by atoms with van der Waals surface area (Å²) in [6, 6.07) is 6.09. The molecule has 0 aliphatic carbocycles. The van der Waals surface area contributed by atoms with E-state index in [9.17, 15) is 35.8 Å². The smallest absolute Gasteiger partial charge is 0.426 e. The Morgan fingerprint density at radius 2 is 1.74 bits per heavy atom. The SMILES string of the molecule is Nc1cc(C(F)(F)F)c2nc1-c1nnc(o1)[C@@](O)(C(F)(F)F)CCCCCC(CCc1ccc(F)cc1)O2. The molecule has 14 heteroatoms. The number of anilines is 1. The van der Waals surface area contributed by atoms with Crippen LogP contribution in [0.4, 0.5) is 36.4 Å². The van der Waals surface area contributed by atoms with Crippen molar-refractivity contribution >= 4 is 5.69 Å². The molecule has 1 aromatic carbocycles. The van der Waals surface area contributed by atoms with Crippen LogP contribution in [0.5, 0.6) is 5.88 Å². The van der Waals surface area contributed by atoms with Gasteiger partial charge in [0.25, 0.3) is 11.8 Å². The number of ether oxygens (including phenoxy) is 1. The molecule has 3 heterocycles. The summed E-state index contributed by atoms with van der Waals surface area (Å²) < 4.78 is 107. The van der Waals surface area contributed by atoms with Crippen LogP contribution in [-0.2, 0) is 18.2 Å². The van der Waals surface area contributed by atoms with Crippen molar-refractivity contribution in [3.63, 3.8) is 0 Å². The van der Waals surface area contributed by atoms with Gasteiger partial charge in [-0.3, -0.25) is 0 Å². The van der Waals surface area contributed by atoms with Crippen molar-refractivity contribution < 1.29 is 45.0 Å². The van der Waals surface area contributed by atoms with Crippen molar-refractivity contribution in [2.45, 2.75) is 69.0 Å². The Morgan fingerprint density at radius 1 is 1.03 bits per heavy atom. The van der Waals surface area contributed by atoms with Gasteiger partial charge in [0.05, 0.1) is 5.69 Å². The minimum Gasteiger partial charge on any atom is -0.474 e. The lowest BCUT2D eigenvalue weighted by molar-refractivity contribution is -0.277. The van der Waals surface area contributed by atoms with Crippen LogP contribution in [0, 0.1) is 5.82 Å². The molecule has 4 bridgehead atoms. The van der Waals surface area contributed by atoms with E-state index in [2.05, 4.69) is 15.2 Å². The lowest BCUT2D eigenvalue weighted by Gasteiger charge is -2.27. The van der Waals surface area contributed by atoms with Crippen molar-refractivity contribution in [1.82, 2.24) is 15.2 Å². The summed E-state index contributed by atoms with van der Waals surface area (Å²) in [6.45, 7) is 0. The first kappa shape index (κ1) is 27.6. The maximum absolute atomic E-state index is 13.8. The maximum Gasteiger partial charge on any atom is 0.426 e. The van der Waals surface area contributed by atoms with E-state index in [1.807, 2.05) is 0 Å². The Bertz CT molecular complexity index is 1260. The van der Waals surface area contributed by atoms with Gasteiger partial charge in [0.15, 0.2) is 5.69 Å². The van der Waals surface area contributed by atoms with E-state index in [-0.39, 0.29) is 32.1 Å². The first-order chi connectivity index (χ1) is 17.8. The summed E-state index contributed by atoms with van der Waals surface area (Å²) in [5.41, 5.74) is 0.584. The molecule has 0 saturated heterocycles. The third kappa shape index (κ3) is 5.84. The molecule has 0 radical (unpaired) electrons. The lowest BCUT2D eigenvalue weighted by Crippen LogP contribution is -2.42. The highest BCUT2D eigenvalue weighted by Crippen LogP contribution is 2.44. The summed E-state index contributed by atoms with van der Waals surface area (Å²) in [5.74, 6) is -3.18. The van der Waals surface area contributed by atoms with E-state index in [1.165, 1.54) is 24.3 Å². The number of hydrogen-bond donors (Lipinski definition) is 2. The zero-order chi connectivity index (χ0) is 27.7. The number of nitrogens with zero attached hydrogens (tertiary/aromatic N) is 3. The van der Waals surface area contributed by atoms with Gasteiger partial charge in [-0.05, 0) is 62.3 Å². The predicted molar refractivity (Wildman–Crippen MR) is 119 cm³/mol. The van der Waals surface area contributed by atoms with Gasteiger partial charge in [0, 0.05) is 0 Å². The van der Waals surface area contributed by atoms with Crippen LogP contribution in [0.2, 0.25) is 0 Å². The van der Waals surface area contributed by atoms with Crippen molar-refractivity contribution in [3.05, 3.63) is 53.2 Å². The Balaban J connectivity index is 1.75. The molecule has 0 spiro atoms. The van der Waals surface area contributed by atoms with E-state index in [0.29, 0.717) is 18.1 Å². The van der Waals surface area contributed by atoms with Crippen molar-refractivity contribution in [3.8, 4) is 17.5 Å². The highest BCUT2D eigenvalue weighted by atomic mass is 19.4. The molecule has 206 valence electrons. The number of rotatable bonds is 3. The van der Waals surface area contributed by atoms with Crippen LogP contribution in [0.25, 0.3) is 11.6 Å². The molecule has 38 heavy (non-hydrogen) atoms. The Labute approximate surface area is 211 Å². The fraction of sp³-hybridized carbons (Fsp3) is 0.458. The molecular formula is C24H23F7N4O3. The van der Waals surface area contributed by atoms with Crippen LogP contribution in [0.15, 0.2) is 34.7 Å². The molecule has 3 N–H and O–H groups in total. The average Bonchev–Trinajstić information content (AvgIpc) is 3.32. The van der Waals surface area contributed by atoms with Crippen molar-refractivity contribution in [1.29, 1.82) is 0 Å². The first-order valence-corrected chi connectivity index (χ1v) is 11.7. The number of nitrogens with two attached hydrogens (primary N) is 1. The number of aromatic nitrogens is 3. The number of nitrogen functional groups attached to an aromatic ring is 1. The summed E-state index contributed by atoms with van der Waals surface area (Å²) >= 11 is 0. The van der Waals surface area contributed by atoms with E-state index in [1.54, 1.807) is 0 Å². The quantitative estimate of drug-likeness (QED) is 0.389. The van der Waals surface area contributed by atoms with Gasteiger partial charge >= 0.3 is 12.4 Å². The van der Waals surface area contributed by atoms with Gasteiger partial charge in [-0.2, -0.15) is 26.3 Å². The van der Waals surface area contributed by atoms with E-state index in [4.69, 9.17) is 14.9 Å². The van der Waals surface area contributed by atoms with Crippen LogP contribution < -0.4 is 10.5 Å². The lowest BCUT2D eigenvalue weighted by atomic mass is 9.94. The van der Waals surface area contributed by atoms with Crippen molar-refractivity contribution in [2.75, 3.05) is 5.73 Å². The fourth-order valence-corrected chi connectivity index (χ4v) is 4.16. The number of pyridine rings is 1. The number of hydrogen-bond acceptors (Lipinski definition) is 7. The Morgan fingerprint density at radius 3 is 2.39 bits per heavy atom. The van der Waals surface area contributed by atoms with E-state index < -0.39 is 70.9 Å². The Kier molecular flexibility index (Phi) is 7.55. The number of alkyl halides is 6. The highest BCUT2D eigenvalue weighted by Gasteiger charge is 2.58. The molecule has 1 unspecified atom stereocenters. The van der Waals surface area contributed by atoms with Crippen LogP contribution >= 0.6 is 0 Å². The molecule has 1 aliphatic rings. The third-order valence-corrected chi connectivity index (χ3v) is 6.28. The second kappa shape index (κ2) is 10.4. The summed E-state index contributed by atoms with van der Waals surface area (Å²) in [5, 5.41) is 17.2. The zero-order valence-corrected chi connectivity index (χ0v) is 19.7. The molecule has 4 rings (SSSR count). The van der Waals surface area contributed by atoms with Gasteiger partial charge in [0.1, 0.15) is 17.5 Å². The number of aliphatic hydroxyl groups is 1. The van der Waals surface area contributed by atoms with Gasteiger partial charge in [-0.15, -0.1) is 10.2 Å². The Hall–Kier alpha value is -3.42. The second-order valence-electron chi connectivity index (χ2n) is 9.05. The molecule has 0 saturated carbocycles. The van der Waals surface area contributed by atoms with Crippen LogP contribution in [0.3, 0.4) is 0 Å². The second-order valence-corrected chi connectivity index (χ2v) is 9.05. The largest absolute Gasteiger partial charge is 0.474 e. The first-order valence-electron chi connectivity index (χ1n) is 11.7. The number of aryl methyl sites for hydroxylation is 1. The standard InChI is InChI=1S/C24H23F7N4O3/c25-14-8-5-13(6-9-14)7-10-15-4-2-1-3-11-22(36,24(29,30)31)21-35-34-20(38-21)18-17(32)12-16(23(26,27)28)19(33-18)37-15/h5-6,8-9,12,15,36H,1-4,7,10-11,32H2/t15?,22-/m1/s1. The van der Waals surface area contributed by atoms with Gasteiger partial charge < -0.3 is 20.0 Å². The molecule has 7 nitrogen and oxygen atoms in total. The molecule has 1 aliphatic heterocycles. The molecule has 0 amide bonds. The summed E-state index contributed by atoms with van der Waals surface area (Å²) in [7, 11) is 0. The van der Waals surface area contributed by atoms with Gasteiger partial charge in [0.2, 0.25) is 11.5 Å². The topological polar surface area (TPSA) is 107 Å². The minimum absolute atomic E-state index is 0.0993. The van der Waals surface area contributed by atoms with E-state index in [0.717, 1.165) is 0 Å². The van der Waals surface area contributed by atoms with Crippen LogP contribution in [-0.4, -0.2) is 32.6 Å². The summed E-state index contributed by atoms with van der Waals surface area (Å²) in [6.07, 6.45) is -10.6. The molecule has 2 aromatic heterocycles. The van der Waals surface area contributed by atoms with Crippen LogP contribution in [0.1, 0.15) is 55.5 Å². The monoisotopic (exact) mass is 548 g/mol. The zero-order valence-electron chi connectivity index (χ0n) is 19.7. The highest BCUT2D eigenvalue weighted by molar-refractivity contribution is 5.68. The van der Waals surface area contributed by atoms with Gasteiger partial charge in [-0.1, -0.05) is 18.6 Å².